The monoisotopic (exact) mass is 354 g/mol. The molecule has 1 aromatic rings. The summed E-state index contributed by atoms with van der Waals surface area (Å²) in [5, 5.41) is 7.60. The molecule has 2 aliphatic rings. The first-order valence-electron chi connectivity index (χ1n) is 7.85. The maximum atomic E-state index is 12.5. The van der Waals surface area contributed by atoms with Gasteiger partial charge < -0.3 is 10.2 Å². The van der Waals surface area contributed by atoms with E-state index in [1.807, 2.05) is 0 Å². The maximum Gasteiger partial charge on any atom is 0.291 e. The first-order chi connectivity index (χ1) is 10.1. The Hall–Kier alpha value is -0.880. The molecule has 0 radical (unpaired) electrons. The van der Waals surface area contributed by atoms with E-state index in [0.29, 0.717) is 17.6 Å². The number of aromatic nitrogens is 2. The van der Waals surface area contributed by atoms with Crippen molar-refractivity contribution in [2.45, 2.75) is 44.7 Å². The van der Waals surface area contributed by atoms with Gasteiger partial charge in [0.25, 0.3) is 5.56 Å². The summed E-state index contributed by atoms with van der Waals surface area (Å²) < 4.78 is 2.38. The maximum absolute atomic E-state index is 12.5. The molecule has 2 fully saturated rings. The van der Waals surface area contributed by atoms with Crippen LogP contribution >= 0.6 is 15.9 Å². The number of likely N-dealkylation sites (tertiary alicyclic amines) is 1. The summed E-state index contributed by atoms with van der Waals surface area (Å²) in [6, 6.07) is 0.518. The largest absolute Gasteiger partial charge is 0.378 e. The quantitative estimate of drug-likeness (QED) is 0.881. The molecule has 2 heterocycles. The first-order valence-corrected chi connectivity index (χ1v) is 8.64. The van der Waals surface area contributed by atoms with E-state index >= 15 is 0 Å². The Morgan fingerprint density at radius 2 is 2.19 bits per heavy atom. The van der Waals surface area contributed by atoms with E-state index in [1.165, 1.54) is 32.1 Å². The Morgan fingerprint density at radius 1 is 1.38 bits per heavy atom. The summed E-state index contributed by atoms with van der Waals surface area (Å²) in [4.78, 5) is 14.9. The van der Waals surface area contributed by atoms with Gasteiger partial charge in [0.2, 0.25) is 0 Å². The third-order valence-electron chi connectivity index (χ3n) is 4.84. The molecule has 0 aromatic carbocycles. The van der Waals surface area contributed by atoms with E-state index in [-0.39, 0.29) is 5.56 Å². The van der Waals surface area contributed by atoms with E-state index in [2.05, 4.69) is 38.3 Å². The summed E-state index contributed by atoms with van der Waals surface area (Å²) in [5.74, 6) is 0.630. The van der Waals surface area contributed by atoms with Crippen LogP contribution in [0.5, 0.6) is 0 Å². The predicted molar refractivity (Wildman–Crippen MR) is 87.7 cm³/mol. The predicted octanol–water partition coefficient (Wildman–Crippen LogP) is 2.31. The minimum Gasteiger partial charge on any atom is -0.378 e. The second-order valence-corrected chi connectivity index (χ2v) is 7.16. The lowest BCUT2D eigenvalue weighted by Gasteiger charge is -2.25. The van der Waals surface area contributed by atoms with Crippen molar-refractivity contribution in [2.75, 3.05) is 25.5 Å². The summed E-state index contributed by atoms with van der Waals surface area (Å²) in [7, 11) is 2.15. The molecule has 116 valence electrons. The Balaban J connectivity index is 1.70. The average Bonchev–Trinajstić information content (AvgIpc) is 2.81. The highest BCUT2D eigenvalue weighted by atomic mass is 79.9. The number of likely N-dealkylation sites (N-methyl/N-ethyl adjacent to an activating group) is 1. The van der Waals surface area contributed by atoms with Gasteiger partial charge >= 0.3 is 0 Å². The molecule has 0 spiro atoms. The van der Waals surface area contributed by atoms with Gasteiger partial charge in [-0.3, -0.25) is 4.79 Å². The van der Waals surface area contributed by atoms with Crippen LogP contribution in [0.25, 0.3) is 0 Å². The SMILES string of the molecule is CN1CCCC1CNc1c(Br)cnn(CC2CCC2)c1=O. The Labute approximate surface area is 133 Å². The molecular formula is C15H23BrN4O. The zero-order valence-electron chi connectivity index (χ0n) is 12.5. The van der Waals surface area contributed by atoms with Crippen molar-refractivity contribution in [1.82, 2.24) is 14.7 Å². The third kappa shape index (κ3) is 3.31. The molecule has 0 bridgehead atoms. The lowest BCUT2D eigenvalue weighted by atomic mass is 9.85. The van der Waals surface area contributed by atoms with Crippen molar-refractivity contribution in [3.05, 3.63) is 21.0 Å². The fraction of sp³-hybridized carbons (Fsp3) is 0.733. The number of halogens is 1. The van der Waals surface area contributed by atoms with Crippen LogP contribution in [0, 0.1) is 5.92 Å². The van der Waals surface area contributed by atoms with E-state index < -0.39 is 0 Å². The van der Waals surface area contributed by atoms with Crippen molar-refractivity contribution >= 4 is 21.6 Å². The zero-order chi connectivity index (χ0) is 14.8. The lowest BCUT2D eigenvalue weighted by Crippen LogP contribution is -2.35. The molecule has 1 N–H and O–H groups in total. The average molecular weight is 355 g/mol. The summed E-state index contributed by atoms with van der Waals surface area (Å²) >= 11 is 3.45. The number of nitrogens with zero attached hydrogens (tertiary/aromatic N) is 3. The molecule has 5 nitrogen and oxygen atoms in total. The van der Waals surface area contributed by atoms with Crippen molar-refractivity contribution in [3.8, 4) is 0 Å². The normalized spacial score (nSPS) is 23.2. The van der Waals surface area contributed by atoms with E-state index in [0.717, 1.165) is 24.1 Å². The van der Waals surface area contributed by atoms with E-state index in [1.54, 1.807) is 10.9 Å². The standard InChI is InChI=1S/C15H23BrN4O/c1-19-7-3-6-12(19)8-17-14-13(16)9-18-20(15(14)21)10-11-4-2-5-11/h9,11-12,17H,2-8,10H2,1H3. The van der Waals surface area contributed by atoms with Gasteiger partial charge in [-0.15, -0.1) is 0 Å². The van der Waals surface area contributed by atoms with Crippen molar-refractivity contribution < 1.29 is 0 Å². The molecule has 21 heavy (non-hydrogen) atoms. The first kappa shape index (κ1) is 15.0. The molecule has 1 aromatic heterocycles. The second kappa shape index (κ2) is 6.48. The highest BCUT2D eigenvalue weighted by Crippen LogP contribution is 2.27. The summed E-state index contributed by atoms with van der Waals surface area (Å²) in [5.41, 5.74) is 0.654. The number of anilines is 1. The topological polar surface area (TPSA) is 50.2 Å². The molecule has 1 unspecified atom stereocenters. The number of nitrogens with one attached hydrogen (secondary N) is 1. The van der Waals surface area contributed by atoms with Gasteiger partial charge in [-0.2, -0.15) is 5.10 Å². The fourth-order valence-electron chi connectivity index (χ4n) is 3.14. The van der Waals surface area contributed by atoms with Gasteiger partial charge in [-0.25, -0.2) is 4.68 Å². The molecule has 3 rings (SSSR count). The third-order valence-corrected chi connectivity index (χ3v) is 5.44. The Bertz CT molecular complexity index is 555. The molecule has 1 aliphatic carbocycles. The second-order valence-electron chi connectivity index (χ2n) is 6.31. The Kier molecular flexibility index (Phi) is 4.64. The van der Waals surface area contributed by atoms with Crippen LogP contribution in [-0.4, -0.2) is 40.9 Å². The van der Waals surface area contributed by atoms with Gasteiger partial charge in [0.15, 0.2) is 0 Å². The molecule has 1 saturated heterocycles. The summed E-state index contributed by atoms with van der Waals surface area (Å²) in [6.07, 6.45) is 7.91. The van der Waals surface area contributed by atoms with E-state index in [9.17, 15) is 4.79 Å². The van der Waals surface area contributed by atoms with E-state index in [4.69, 9.17) is 0 Å². The van der Waals surface area contributed by atoms with Crippen molar-refractivity contribution in [1.29, 1.82) is 0 Å². The number of rotatable bonds is 5. The van der Waals surface area contributed by atoms with Gasteiger partial charge in [-0.1, -0.05) is 6.42 Å². The smallest absolute Gasteiger partial charge is 0.291 e. The van der Waals surface area contributed by atoms with Crippen molar-refractivity contribution in [3.63, 3.8) is 0 Å². The van der Waals surface area contributed by atoms with Crippen molar-refractivity contribution in [2.24, 2.45) is 5.92 Å². The molecule has 1 aliphatic heterocycles. The van der Waals surface area contributed by atoms with Gasteiger partial charge in [0.1, 0.15) is 5.69 Å². The molecule has 0 amide bonds. The minimum absolute atomic E-state index is 0.00285. The zero-order valence-corrected chi connectivity index (χ0v) is 14.1. The highest BCUT2D eigenvalue weighted by molar-refractivity contribution is 9.10. The van der Waals surface area contributed by atoms with Crippen LogP contribution in [0.4, 0.5) is 5.69 Å². The van der Waals surface area contributed by atoms with Gasteiger partial charge in [0, 0.05) is 19.1 Å². The van der Waals surface area contributed by atoms with Gasteiger partial charge in [0.05, 0.1) is 10.7 Å². The molecular weight excluding hydrogens is 332 g/mol. The van der Waals surface area contributed by atoms with Crippen LogP contribution in [0.2, 0.25) is 0 Å². The number of hydrogen-bond acceptors (Lipinski definition) is 4. The summed E-state index contributed by atoms with van der Waals surface area (Å²) in [6.45, 7) is 2.72. The van der Waals surface area contributed by atoms with Crippen LogP contribution in [-0.2, 0) is 6.54 Å². The molecule has 1 saturated carbocycles. The highest BCUT2D eigenvalue weighted by Gasteiger charge is 2.22. The lowest BCUT2D eigenvalue weighted by molar-refractivity contribution is 0.261. The molecule has 6 heteroatoms. The fourth-order valence-corrected chi connectivity index (χ4v) is 3.54. The molecule has 1 atom stereocenters. The van der Waals surface area contributed by atoms with Gasteiger partial charge in [-0.05, 0) is 61.1 Å². The van der Waals surface area contributed by atoms with Crippen LogP contribution < -0.4 is 10.9 Å². The van der Waals surface area contributed by atoms with Crippen LogP contribution in [0.15, 0.2) is 15.5 Å². The van der Waals surface area contributed by atoms with Crippen LogP contribution in [0.1, 0.15) is 32.1 Å². The Morgan fingerprint density at radius 3 is 2.81 bits per heavy atom. The minimum atomic E-state index is -0.00285. The van der Waals surface area contributed by atoms with Crippen LogP contribution in [0.3, 0.4) is 0 Å². The number of hydrogen-bond donors (Lipinski definition) is 1.